The normalized spacial score (nSPS) is 11.2. The number of aryl methyl sites for hydroxylation is 1. The average Bonchev–Trinajstić information content (AvgIpc) is 3.40. The number of alkyl halides is 3. The molecule has 0 spiro atoms. The van der Waals surface area contributed by atoms with Gasteiger partial charge in [0.15, 0.2) is 5.76 Å². The molecule has 1 aromatic carbocycles. The van der Waals surface area contributed by atoms with Crippen molar-refractivity contribution in [3.8, 4) is 23.3 Å². The lowest BCUT2D eigenvalue weighted by molar-refractivity contribution is -0.137. The molecule has 0 aliphatic heterocycles. The number of aromatic nitrogens is 2. The average molecular weight is 425 g/mol. The number of carbonyl (C=O) groups is 1. The number of hydrogen-bond acceptors (Lipinski definition) is 5. The second-order valence-electron chi connectivity index (χ2n) is 6.54. The zero-order valence-electron chi connectivity index (χ0n) is 16.1. The van der Waals surface area contributed by atoms with Crippen molar-refractivity contribution in [2.45, 2.75) is 13.1 Å². The topological polar surface area (TPSA) is 81.2 Å². The molecule has 4 aromatic rings. The number of furan rings is 1. The van der Waals surface area contributed by atoms with E-state index < -0.39 is 17.6 Å². The highest BCUT2D eigenvalue weighted by Gasteiger charge is 2.30. The minimum Gasteiger partial charge on any atom is -0.463 e. The van der Waals surface area contributed by atoms with Crippen LogP contribution in [0.1, 0.15) is 27.2 Å². The number of hydrogen-bond donors (Lipinski definition) is 1. The third kappa shape index (κ3) is 4.28. The standard InChI is InChI=1S/C22H14F3N3O3/c1-13-19-16(12-17(18-8-4-10-30-18)27-21(19)31-28-13)20(29)26-9-3-6-14-5-2-7-15(11-14)22(23,24)25/h2,4-5,7-8,10-12H,9H2,1H3,(H,26,29). The third-order valence-corrected chi connectivity index (χ3v) is 4.40. The van der Waals surface area contributed by atoms with Gasteiger partial charge in [0.1, 0.15) is 5.69 Å². The lowest BCUT2D eigenvalue weighted by atomic mass is 10.1. The molecule has 9 heteroatoms. The van der Waals surface area contributed by atoms with Crippen LogP contribution < -0.4 is 5.32 Å². The van der Waals surface area contributed by atoms with Crippen LogP contribution in [0.3, 0.4) is 0 Å². The Morgan fingerprint density at radius 3 is 2.77 bits per heavy atom. The van der Waals surface area contributed by atoms with Gasteiger partial charge in [0, 0.05) is 5.56 Å². The van der Waals surface area contributed by atoms with Crippen molar-refractivity contribution in [1.82, 2.24) is 15.5 Å². The summed E-state index contributed by atoms with van der Waals surface area (Å²) >= 11 is 0. The summed E-state index contributed by atoms with van der Waals surface area (Å²) in [4.78, 5) is 17.1. The molecule has 3 aromatic heterocycles. The summed E-state index contributed by atoms with van der Waals surface area (Å²) in [5, 5.41) is 6.95. The molecule has 1 N–H and O–H groups in total. The van der Waals surface area contributed by atoms with Gasteiger partial charge in [-0.05, 0) is 43.3 Å². The van der Waals surface area contributed by atoms with Gasteiger partial charge in [0.25, 0.3) is 11.6 Å². The summed E-state index contributed by atoms with van der Waals surface area (Å²) in [6, 6.07) is 9.62. The number of fused-ring (bicyclic) bond motifs is 1. The van der Waals surface area contributed by atoms with Gasteiger partial charge in [0.2, 0.25) is 0 Å². The molecule has 0 bridgehead atoms. The molecule has 156 valence electrons. The fourth-order valence-electron chi connectivity index (χ4n) is 2.96. The van der Waals surface area contributed by atoms with E-state index in [1.807, 2.05) is 0 Å². The molecular weight excluding hydrogens is 411 g/mol. The van der Waals surface area contributed by atoms with E-state index in [4.69, 9.17) is 8.94 Å². The van der Waals surface area contributed by atoms with Crippen molar-refractivity contribution in [3.05, 3.63) is 71.1 Å². The Bertz CT molecular complexity index is 1310. The maximum absolute atomic E-state index is 12.8. The van der Waals surface area contributed by atoms with E-state index >= 15 is 0 Å². The summed E-state index contributed by atoms with van der Waals surface area (Å²) in [6.07, 6.45) is -2.96. The van der Waals surface area contributed by atoms with E-state index in [2.05, 4.69) is 27.3 Å². The Kier molecular flexibility index (Phi) is 5.21. The van der Waals surface area contributed by atoms with Crippen molar-refractivity contribution >= 4 is 17.0 Å². The Hall–Kier alpha value is -4.06. The zero-order chi connectivity index (χ0) is 22.0. The number of pyridine rings is 1. The van der Waals surface area contributed by atoms with Crippen molar-refractivity contribution in [1.29, 1.82) is 0 Å². The minimum atomic E-state index is -4.44. The van der Waals surface area contributed by atoms with Crippen LogP contribution in [0.25, 0.3) is 22.6 Å². The highest BCUT2D eigenvalue weighted by molar-refractivity contribution is 6.06. The van der Waals surface area contributed by atoms with Gasteiger partial charge in [-0.15, -0.1) is 0 Å². The van der Waals surface area contributed by atoms with E-state index in [-0.39, 0.29) is 23.4 Å². The highest BCUT2D eigenvalue weighted by atomic mass is 19.4. The molecule has 0 fully saturated rings. The van der Waals surface area contributed by atoms with Gasteiger partial charge >= 0.3 is 6.18 Å². The molecule has 3 heterocycles. The monoisotopic (exact) mass is 425 g/mol. The lowest BCUT2D eigenvalue weighted by Crippen LogP contribution is -2.24. The summed E-state index contributed by atoms with van der Waals surface area (Å²) in [5.41, 5.74) is 0.770. The molecule has 0 radical (unpaired) electrons. The van der Waals surface area contributed by atoms with E-state index in [9.17, 15) is 18.0 Å². The maximum Gasteiger partial charge on any atom is 0.416 e. The second-order valence-corrected chi connectivity index (χ2v) is 6.54. The SMILES string of the molecule is Cc1noc2nc(-c3ccco3)cc(C(=O)NCC#Cc3cccc(C(F)(F)F)c3)c12. The zero-order valence-corrected chi connectivity index (χ0v) is 16.1. The molecule has 0 atom stereocenters. The molecular formula is C22H14F3N3O3. The van der Waals surface area contributed by atoms with E-state index in [0.29, 0.717) is 22.5 Å². The van der Waals surface area contributed by atoms with Gasteiger partial charge in [0.05, 0.1) is 35.0 Å². The molecule has 4 rings (SSSR count). The number of carbonyl (C=O) groups excluding carboxylic acids is 1. The number of nitrogens with one attached hydrogen (secondary N) is 1. The van der Waals surface area contributed by atoms with Gasteiger partial charge in [-0.1, -0.05) is 23.1 Å². The van der Waals surface area contributed by atoms with Crippen LogP contribution in [0.15, 0.2) is 57.7 Å². The molecule has 1 amide bonds. The van der Waals surface area contributed by atoms with Gasteiger partial charge in [-0.3, -0.25) is 4.79 Å². The summed E-state index contributed by atoms with van der Waals surface area (Å²) in [6.45, 7) is 1.61. The van der Waals surface area contributed by atoms with Gasteiger partial charge in [-0.2, -0.15) is 13.2 Å². The van der Waals surface area contributed by atoms with Crippen LogP contribution in [0.4, 0.5) is 13.2 Å². The molecule has 0 unspecified atom stereocenters. The minimum absolute atomic E-state index is 0.0701. The fraction of sp³-hybridized carbons (Fsp3) is 0.136. The molecule has 0 aliphatic rings. The van der Waals surface area contributed by atoms with Crippen LogP contribution in [-0.4, -0.2) is 22.6 Å². The van der Waals surface area contributed by atoms with E-state index in [0.717, 1.165) is 12.1 Å². The summed E-state index contributed by atoms with van der Waals surface area (Å²) < 4.78 is 48.9. The number of amides is 1. The summed E-state index contributed by atoms with van der Waals surface area (Å²) in [7, 11) is 0. The van der Waals surface area contributed by atoms with Gasteiger partial charge in [-0.25, -0.2) is 4.98 Å². The number of halogens is 3. The number of rotatable bonds is 3. The Morgan fingerprint density at radius 2 is 2.03 bits per heavy atom. The van der Waals surface area contributed by atoms with Crippen LogP contribution in [0, 0.1) is 18.8 Å². The Balaban J connectivity index is 1.55. The van der Waals surface area contributed by atoms with Crippen LogP contribution in [0.2, 0.25) is 0 Å². The van der Waals surface area contributed by atoms with Crippen molar-refractivity contribution in [3.63, 3.8) is 0 Å². The number of nitrogens with zero attached hydrogens (tertiary/aromatic N) is 2. The first-order valence-electron chi connectivity index (χ1n) is 9.08. The Morgan fingerprint density at radius 1 is 1.19 bits per heavy atom. The van der Waals surface area contributed by atoms with Gasteiger partial charge < -0.3 is 14.3 Å². The van der Waals surface area contributed by atoms with E-state index in [1.165, 1.54) is 18.4 Å². The third-order valence-electron chi connectivity index (χ3n) is 4.40. The Labute approximate surface area is 174 Å². The number of benzene rings is 1. The van der Waals surface area contributed by atoms with Crippen LogP contribution in [-0.2, 0) is 6.18 Å². The maximum atomic E-state index is 12.8. The first-order chi connectivity index (χ1) is 14.8. The molecule has 0 saturated heterocycles. The van der Waals surface area contributed by atoms with E-state index in [1.54, 1.807) is 25.1 Å². The van der Waals surface area contributed by atoms with Crippen LogP contribution >= 0.6 is 0 Å². The van der Waals surface area contributed by atoms with Crippen molar-refractivity contribution in [2.24, 2.45) is 0 Å². The largest absolute Gasteiger partial charge is 0.463 e. The fourth-order valence-corrected chi connectivity index (χ4v) is 2.96. The summed E-state index contributed by atoms with van der Waals surface area (Å²) in [5.74, 6) is 5.27. The quantitative estimate of drug-likeness (QED) is 0.486. The highest BCUT2D eigenvalue weighted by Crippen LogP contribution is 2.29. The van der Waals surface area contributed by atoms with Crippen molar-refractivity contribution in [2.75, 3.05) is 6.54 Å². The first-order valence-corrected chi connectivity index (χ1v) is 9.08. The predicted molar refractivity (Wildman–Crippen MR) is 105 cm³/mol. The molecule has 0 saturated carbocycles. The van der Waals surface area contributed by atoms with Crippen LogP contribution in [0.5, 0.6) is 0 Å². The molecule has 0 aliphatic carbocycles. The van der Waals surface area contributed by atoms with Crippen molar-refractivity contribution < 1.29 is 26.9 Å². The predicted octanol–water partition coefficient (Wildman–Crippen LogP) is 4.59. The first kappa shape index (κ1) is 20.2. The molecule has 31 heavy (non-hydrogen) atoms. The molecule has 6 nitrogen and oxygen atoms in total. The lowest BCUT2D eigenvalue weighted by Gasteiger charge is -2.06. The smallest absolute Gasteiger partial charge is 0.416 e. The second kappa shape index (κ2) is 7.99.